The molecule has 0 saturated heterocycles. The van der Waals surface area contributed by atoms with Crippen molar-refractivity contribution in [2.75, 3.05) is 0 Å². The number of halogens is 14. The normalized spacial score (nSPS) is 10.5. The third-order valence-electron chi connectivity index (χ3n) is 16.2. The van der Waals surface area contributed by atoms with Crippen LogP contribution in [0.4, 0.5) is 46.5 Å². The minimum atomic E-state index is -1.85. The first kappa shape index (κ1) is 80.3. The van der Waals surface area contributed by atoms with Crippen molar-refractivity contribution in [3.8, 4) is 110 Å². The van der Waals surface area contributed by atoms with Gasteiger partial charge < -0.3 is 0 Å². The number of rotatable bonds is 9. The first-order valence-electron chi connectivity index (χ1n) is 31.3. The van der Waals surface area contributed by atoms with Crippen LogP contribution < -0.4 is 0 Å². The lowest BCUT2D eigenvalue weighted by Gasteiger charge is -2.14. The summed E-state index contributed by atoms with van der Waals surface area (Å²) in [4.78, 5) is 13.4. The van der Waals surface area contributed by atoms with Gasteiger partial charge in [-0.3, -0.25) is 0 Å². The van der Waals surface area contributed by atoms with Gasteiger partial charge in [-0.2, -0.15) is 10.5 Å². The lowest BCUT2D eigenvalue weighted by molar-refractivity contribution is 0.402. The van der Waals surface area contributed by atoms with Gasteiger partial charge in [-0.05, 0) is 254 Å². The van der Waals surface area contributed by atoms with Gasteiger partial charge in [0.15, 0.2) is 57.9 Å². The molecule has 0 unspecified atom stereocenters. The molecule has 0 atom stereocenters. The van der Waals surface area contributed by atoms with Crippen LogP contribution >= 0.6 is 154 Å². The monoisotopic (exact) mass is 1960 g/mol. The maximum Gasteiger partial charge on any atom is 0.198 e. The molecule has 106 heavy (non-hydrogen) atoms. The van der Waals surface area contributed by atoms with Gasteiger partial charge in [-0.1, -0.05) is 174 Å². The SMILES string of the molecule is Cc1sc(-c2ccc(-c3ccc(C#N)cc3)cc2)cc1Br.Cc1sc(Br)cc1Br.Fc1c(F)c(F)c(I)c(I)c1F.[C-]#[N+]c1ccc(-c2ccc(-c3cc(-c4c(F)c(F)c(F)c(F)c4-c4cc(-c5ccc(-c6ccc(C#N)cc6)cc5)sc4C)c(C)s3)cc2)cc1.[C-]#[N+]c1ccc(-c2ccc(Br)cc2)cc1. The fraction of sp³-hybridized carbons (Fsp3) is 0.0476. The fourth-order valence-corrected chi connectivity index (χ4v) is 17.9. The predicted molar refractivity (Wildman–Crippen MR) is 449 cm³/mol. The first-order valence-corrected chi connectivity index (χ1v) is 39.8. The number of hydrogen-bond donors (Lipinski definition) is 0. The van der Waals surface area contributed by atoms with Gasteiger partial charge in [0, 0.05) is 58.7 Å². The molecule has 4 aromatic heterocycles. The molecule has 526 valence electrons. The smallest absolute Gasteiger partial charge is 0.198 e. The summed E-state index contributed by atoms with van der Waals surface area (Å²) in [7, 11) is 0. The summed E-state index contributed by atoms with van der Waals surface area (Å²) in [6.45, 7) is 21.7. The van der Waals surface area contributed by atoms with Crippen molar-refractivity contribution in [3.05, 3.63) is 343 Å². The number of thiophene rings is 4. The Morgan fingerprint density at radius 1 is 0.321 bits per heavy atom. The van der Waals surface area contributed by atoms with E-state index < -0.39 is 46.5 Å². The highest BCUT2D eigenvalue weighted by molar-refractivity contribution is 14.1. The summed E-state index contributed by atoms with van der Waals surface area (Å²) in [5, 5.41) is 17.9. The summed E-state index contributed by atoms with van der Waals surface area (Å²) < 4.78 is 116. The zero-order chi connectivity index (χ0) is 76.2. The molecule has 0 saturated carbocycles. The first-order chi connectivity index (χ1) is 50.8. The Morgan fingerprint density at radius 2 is 0.575 bits per heavy atom. The Labute approximate surface area is 684 Å². The summed E-state index contributed by atoms with van der Waals surface area (Å²) in [6, 6.07) is 73.7. The Bertz CT molecular complexity index is 5390. The molecule has 0 aliphatic carbocycles. The third-order valence-corrected chi connectivity index (χ3v) is 26.8. The van der Waals surface area contributed by atoms with Crippen molar-refractivity contribution >= 4 is 166 Å². The second-order valence-electron chi connectivity index (χ2n) is 23.0. The van der Waals surface area contributed by atoms with E-state index in [1.165, 1.54) is 101 Å². The van der Waals surface area contributed by atoms with Crippen molar-refractivity contribution in [2.45, 2.75) is 27.7 Å². The van der Waals surface area contributed by atoms with Crippen LogP contribution in [0.15, 0.2) is 236 Å². The van der Waals surface area contributed by atoms with Crippen molar-refractivity contribution in [1.29, 1.82) is 10.5 Å². The van der Waals surface area contributed by atoms with Crippen molar-refractivity contribution in [1.82, 2.24) is 0 Å². The molecular formula is C84H48Br4F8I2N4S4. The number of nitrogens with zero attached hydrogens (tertiary/aromatic N) is 4. The van der Waals surface area contributed by atoms with Crippen molar-refractivity contribution in [2.24, 2.45) is 0 Å². The van der Waals surface area contributed by atoms with Gasteiger partial charge in [-0.25, -0.2) is 44.8 Å². The molecule has 0 aliphatic rings. The van der Waals surface area contributed by atoms with Crippen LogP contribution in [0, 0.1) is 117 Å². The van der Waals surface area contributed by atoms with Gasteiger partial charge in [0.25, 0.3) is 0 Å². The fourth-order valence-electron chi connectivity index (χ4n) is 10.5. The summed E-state index contributed by atoms with van der Waals surface area (Å²) in [5.41, 5.74) is 13.7. The van der Waals surface area contributed by atoms with E-state index in [1.807, 2.05) is 133 Å². The largest absolute Gasteiger partial charge is 0.238 e. The van der Waals surface area contributed by atoms with E-state index in [1.54, 1.807) is 72.9 Å². The number of nitriles is 2. The summed E-state index contributed by atoms with van der Waals surface area (Å²) in [6.07, 6.45) is 0. The summed E-state index contributed by atoms with van der Waals surface area (Å²) >= 11 is 22.8. The average molecular weight is 1970 g/mol. The molecule has 22 heteroatoms. The minimum absolute atomic E-state index is 0.246. The van der Waals surface area contributed by atoms with Gasteiger partial charge in [0.1, 0.15) is 0 Å². The second kappa shape index (κ2) is 36.6. The van der Waals surface area contributed by atoms with Crippen molar-refractivity contribution < 1.29 is 35.1 Å². The lowest BCUT2D eigenvalue weighted by Crippen LogP contribution is -2.03. The van der Waals surface area contributed by atoms with Gasteiger partial charge in [0.05, 0.1) is 47.3 Å². The van der Waals surface area contributed by atoms with E-state index in [9.17, 15) is 26.3 Å². The number of benzene rings is 10. The zero-order valence-electron chi connectivity index (χ0n) is 55.5. The molecule has 14 rings (SSSR count). The molecule has 4 heterocycles. The maximum absolute atomic E-state index is 15.9. The Hall–Kier alpha value is -8.22. The van der Waals surface area contributed by atoms with E-state index in [-0.39, 0.29) is 29.4 Å². The highest BCUT2D eigenvalue weighted by Gasteiger charge is 2.31. The van der Waals surface area contributed by atoms with E-state index in [4.69, 9.17) is 23.7 Å². The van der Waals surface area contributed by atoms with Crippen molar-refractivity contribution in [3.63, 3.8) is 0 Å². The van der Waals surface area contributed by atoms with E-state index >= 15 is 8.78 Å². The van der Waals surface area contributed by atoms with Crippen LogP contribution in [0.2, 0.25) is 0 Å². The topological polar surface area (TPSA) is 56.3 Å². The Morgan fingerprint density at radius 3 is 0.840 bits per heavy atom. The number of aryl methyl sites for hydroxylation is 4. The molecule has 0 fully saturated rings. The quantitative estimate of drug-likeness (QED) is 0.0475. The second-order valence-corrected chi connectivity index (χ2v) is 34.1. The molecule has 10 aromatic carbocycles. The summed E-state index contributed by atoms with van der Waals surface area (Å²) in [5.74, 6) is -12.8. The van der Waals surface area contributed by atoms with Crippen LogP contribution in [0.3, 0.4) is 0 Å². The van der Waals surface area contributed by atoms with Gasteiger partial charge in [-0.15, -0.1) is 45.3 Å². The van der Waals surface area contributed by atoms with Crippen LogP contribution in [0.25, 0.3) is 108 Å². The zero-order valence-corrected chi connectivity index (χ0v) is 69.4. The van der Waals surface area contributed by atoms with Crippen LogP contribution in [0.5, 0.6) is 0 Å². The van der Waals surface area contributed by atoms with Crippen LogP contribution in [0.1, 0.15) is 30.6 Å². The molecule has 14 aromatic rings. The molecule has 0 bridgehead atoms. The van der Waals surface area contributed by atoms with Crippen LogP contribution in [-0.2, 0) is 0 Å². The predicted octanol–water partition coefficient (Wildman–Crippen LogP) is 31.1. The van der Waals surface area contributed by atoms with E-state index in [0.717, 1.165) is 69.9 Å². The molecule has 0 amide bonds. The number of hydrogen-bond acceptors (Lipinski definition) is 6. The molecule has 0 spiro atoms. The molecular weight excluding hydrogens is 1920 g/mol. The molecule has 0 radical (unpaired) electrons. The highest BCUT2D eigenvalue weighted by Crippen LogP contribution is 2.48. The van der Waals surface area contributed by atoms with Gasteiger partial charge >= 0.3 is 0 Å². The lowest BCUT2D eigenvalue weighted by atomic mass is 9.92. The van der Waals surface area contributed by atoms with E-state index in [0.29, 0.717) is 32.3 Å². The third kappa shape index (κ3) is 19.2. The molecule has 0 N–H and O–H groups in total. The highest BCUT2D eigenvalue weighted by atomic mass is 127. The molecule has 4 nitrogen and oxygen atoms in total. The van der Waals surface area contributed by atoms with E-state index in [2.05, 4.69) is 148 Å². The molecule has 0 aliphatic heterocycles. The minimum Gasteiger partial charge on any atom is -0.238 e. The van der Waals surface area contributed by atoms with Crippen LogP contribution in [-0.4, -0.2) is 0 Å². The van der Waals surface area contributed by atoms with Gasteiger partial charge in [0.2, 0.25) is 0 Å². The standard InChI is InChI=1S/C42H24F4N2S2.C18H12BrNS.C13H8BrN.C6F4I2.C5H4Br2S/c1-23-33(20-35(49-23)30-12-8-27(9-13-30)26-6-4-25(22-47)5-7-26)37-38(40(44)42(46)41(45)39(37)43)34-21-36(50-24(34)2)31-14-10-28(11-15-31)29-16-18-32(48-3)19-17-29;1-12-17(19)10-18(21-12)16-8-6-15(7-9-16)14-4-2-13(11-20)3-5-14;1-15-13-8-4-11(5-9-13)10-2-6-12(14)7-3-10;7-1-2(8)4(10)6(12)5(11)3(1)9;1-3-4(6)2-5(7)8-3/h4-21H,1-2H3;2-10H,1H3;2-9H;;2H,1H3. The Kier molecular flexibility index (Phi) is 27.7. The average Bonchev–Trinajstić information content (AvgIpc) is 1.52. The Balaban J connectivity index is 0.000000173. The maximum atomic E-state index is 15.9.